The van der Waals surface area contributed by atoms with E-state index in [-0.39, 0.29) is 0 Å². The van der Waals surface area contributed by atoms with E-state index in [0.29, 0.717) is 0 Å². The molecule has 1 aromatic heterocycles. The molecule has 3 nitrogen and oxygen atoms in total. The van der Waals surface area contributed by atoms with Crippen molar-refractivity contribution in [2.75, 3.05) is 26.3 Å². The van der Waals surface area contributed by atoms with Crippen LogP contribution in [0, 0.1) is 0 Å². The molecule has 0 amide bonds. The van der Waals surface area contributed by atoms with Crippen molar-refractivity contribution < 1.29 is 9.15 Å². The Bertz CT molecular complexity index is 501. The van der Waals surface area contributed by atoms with Gasteiger partial charge in [0.25, 0.3) is 0 Å². The van der Waals surface area contributed by atoms with E-state index in [1.54, 1.807) is 0 Å². The molecule has 2 aromatic rings. The summed E-state index contributed by atoms with van der Waals surface area (Å²) in [5.74, 6) is 1.97. The summed E-state index contributed by atoms with van der Waals surface area (Å²) in [4.78, 5) is 2.36. The van der Waals surface area contributed by atoms with Crippen molar-refractivity contribution >= 4 is 0 Å². The summed E-state index contributed by atoms with van der Waals surface area (Å²) in [6.07, 6.45) is 1.25. The first-order valence-electron chi connectivity index (χ1n) is 7.77. The quantitative estimate of drug-likeness (QED) is 0.846. The van der Waals surface area contributed by atoms with Crippen molar-refractivity contribution in [3.8, 4) is 11.3 Å². The van der Waals surface area contributed by atoms with Crippen LogP contribution in [0.15, 0.2) is 46.9 Å². The van der Waals surface area contributed by atoms with Crippen LogP contribution in [0.4, 0.5) is 0 Å². The fraction of sp³-hybridized carbons (Fsp3) is 0.444. The summed E-state index contributed by atoms with van der Waals surface area (Å²) < 4.78 is 11.2. The van der Waals surface area contributed by atoms with Gasteiger partial charge in [0.05, 0.1) is 19.8 Å². The molecule has 114 valence electrons. The second-order valence-corrected chi connectivity index (χ2v) is 5.23. The summed E-state index contributed by atoms with van der Waals surface area (Å²) in [5.41, 5.74) is 1.13. The minimum absolute atomic E-state index is 0.826. The number of nitrogens with zero attached hydrogens (tertiary/aromatic N) is 1. The number of ether oxygens (including phenoxy) is 1. The molecule has 1 aromatic carbocycles. The molecule has 0 N–H and O–H groups in total. The van der Waals surface area contributed by atoms with Crippen LogP contribution in [-0.2, 0) is 11.3 Å². The van der Waals surface area contributed by atoms with Gasteiger partial charge in [-0.2, -0.15) is 0 Å². The van der Waals surface area contributed by atoms with Crippen LogP contribution < -0.4 is 0 Å². The summed E-state index contributed by atoms with van der Waals surface area (Å²) in [6, 6.07) is 14.3. The zero-order valence-corrected chi connectivity index (χ0v) is 13.0. The van der Waals surface area contributed by atoms with E-state index in [4.69, 9.17) is 9.15 Å². The molecule has 1 saturated heterocycles. The Balaban J connectivity index is 0.000000497. The predicted molar refractivity (Wildman–Crippen MR) is 86.2 cm³/mol. The van der Waals surface area contributed by atoms with E-state index in [0.717, 1.165) is 49.9 Å². The Morgan fingerprint density at radius 3 is 2.29 bits per heavy atom. The number of furan rings is 1. The first-order valence-corrected chi connectivity index (χ1v) is 7.77. The van der Waals surface area contributed by atoms with E-state index >= 15 is 0 Å². The molecular weight excluding hydrogens is 262 g/mol. The van der Waals surface area contributed by atoms with Gasteiger partial charge < -0.3 is 9.15 Å². The van der Waals surface area contributed by atoms with Crippen LogP contribution in [0.3, 0.4) is 0 Å². The lowest BCUT2D eigenvalue weighted by molar-refractivity contribution is 0.0314. The van der Waals surface area contributed by atoms with Crippen LogP contribution in [0.25, 0.3) is 11.3 Å². The van der Waals surface area contributed by atoms with Crippen molar-refractivity contribution in [1.82, 2.24) is 4.90 Å². The first-order chi connectivity index (χ1) is 10.3. The highest BCUT2D eigenvalue weighted by Gasteiger charge is 2.13. The monoisotopic (exact) mass is 287 g/mol. The van der Waals surface area contributed by atoms with Crippen LogP contribution in [0.5, 0.6) is 0 Å². The number of rotatable bonds is 3. The summed E-state index contributed by atoms with van der Waals surface area (Å²) >= 11 is 0. The lowest BCUT2D eigenvalue weighted by Crippen LogP contribution is -2.35. The third kappa shape index (κ3) is 5.03. The second kappa shape index (κ2) is 8.65. The van der Waals surface area contributed by atoms with Gasteiger partial charge in [0.1, 0.15) is 11.5 Å². The largest absolute Gasteiger partial charge is 0.460 e. The molecule has 1 aliphatic heterocycles. The lowest BCUT2D eigenvalue weighted by Gasteiger charge is -2.25. The van der Waals surface area contributed by atoms with E-state index in [2.05, 4.69) is 36.9 Å². The van der Waals surface area contributed by atoms with Crippen molar-refractivity contribution in [1.29, 1.82) is 0 Å². The first kappa shape index (κ1) is 15.8. The number of benzene rings is 1. The van der Waals surface area contributed by atoms with Gasteiger partial charge in [-0.05, 0) is 12.1 Å². The van der Waals surface area contributed by atoms with Gasteiger partial charge in [0, 0.05) is 18.7 Å². The maximum absolute atomic E-state index is 5.89. The standard InChI is InChI=1S/C15H17NO2.C3H8/c1-2-4-13(5-3-1)15-7-6-14(18-15)12-16-8-10-17-11-9-16;1-3-2/h1-7H,8-12H2;3H2,1-2H3. The third-order valence-electron chi connectivity index (χ3n) is 3.20. The maximum Gasteiger partial charge on any atom is 0.134 e. The van der Waals surface area contributed by atoms with Gasteiger partial charge in [0.15, 0.2) is 0 Å². The van der Waals surface area contributed by atoms with Crippen molar-refractivity contribution in [2.24, 2.45) is 0 Å². The fourth-order valence-electron chi connectivity index (χ4n) is 2.20. The molecule has 0 aliphatic carbocycles. The Kier molecular flexibility index (Phi) is 6.51. The second-order valence-electron chi connectivity index (χ2n) is 5.23. The van der Waals surface area contributed by atoms with Gasteiger partial charge >= 0.3 is 0 Å². The Labute approximate surface area is 127 Å². The normalized spacial score (nSPS) is 15.3. The average Bonchev–Trinajstić information content (AvgIpc) is 2.99. The molecule has 2 heterocycles. The molecule has 1 fully saturated rings. The molecule has 0 bridgehead atoms. The number of morpholine rings is 1. The van der Waals surface area contributed by atoms with E-state index in [1.165, 1.54) is 6.42 Å². The minimum Gasteiger partial charge on any atom is -0.460 e. The number of hydrogen-bond acceptors (Lipinski definition) is 3. The van der Waals surface area contributed by atoms with Gasteiger partial charge in [-0.25, -0.2) is 0 Å². The lowest BCUT2D eigenvalue weighted by atomic mass is 10.2. The molecule has 0 atom stereocenters. The highest BCUT2D eigenvalue weighted by atomic mass is 16.5. The van der Waals surface area contributed by atoms with Crippen LogP contribution in [0.1, 0.15) is 26.0 Å². The van der Waals surface area contributed by atoms with Gasteiger partial charge in [0.2, 0.25) is 0 Å². The topological polar surface area (TPSA) is 25.6 Å². The van der Waals surface area contributed by atoms with Crippen LogP contribution >= 0.6 is 0 Å². The molecule has 1 aliphatic rings. The molecule has 3 heteroatoms. The molecule has 0 saturated carbocycles. The number of hydrogen-bond donors (Lipinski definition) is 0. The predicted octanol–water partition coefficient (Wildman–Crippen LogP) is 4.20. The maximum atomic E-state index is 5.89. The summed E-state index contributed by atoms with van der Waals surface area (Å²) in [6.45, 7) is 8.75. The van der Waals surface area contributed by atoms with Crippen molar-refractivity contribution in [2.45, 2.75) is 26.8 Å². The van der Waals surface area contributed by atoms with Gasteiger partial charge in [-0.1, -0.05) is 50.6 Å². The average molecular weight is 287 g/mol. The Hall–Kier alpha value is -1.58. The Morgan fingerprint density at radius 2 is 1.62 bits per heavy atom. The van der Waals surface area contributed by atoms with Gasteiger partial charge in [-0.15, -0.1) is 0 Å². The Morgan fingerprint density at radius 1 is 0.952 bits per heavy atom. The van der Waals surface area contributed by atoms with Gasteiger partial charge in [-0.3, -0.25) is 4.90 Å². The highest BCUT2D eigenvalue weighted by Crippen LogP contribution is 2.22. The highest BCUT2D eigenvalue weighted by molar-refractivity contribution is 5.57. The smallest absolute Gasteiger partial charge is 0.134 e. The zero-order chi connectivity index (χ0) is 14.9. The van der Waals surface area contributed by atoms with Crippen molar-refractivity contribution in [3.63, 3.8) is 0 Å². The van der Waals surface area contributed by atoms with E-state index < -0.39 is 0 Å². The molecule has 0 unspecified atom stereocenters. The molecule has 0 radical (unpaired) electrons. The molecule has 0 spiro atoms. The molecule has 3 rings (SSSR count). The molecular formula is C18H25NO2. The summed E-state index contributed by atoms with van der Waals surface area (Å²) in [7, 11) is 0. The fourth-order valence-corrected chi connectivity index (χ4v) is 2.20. The summed E-state index contributed by atoms with van der Waals surface area (Å²) in [5, 5.41) is 0. The zero-order valence-electron chi connectivity index (χ0n) is 13.0. The minimum atomic E-state index is 0.826. The molecule has 21 heavy (non-hydrogen) atoms. The van der Waals surface area contributed by atoms with E-state index in [1.807, 2.05) is 24.3 Å². The SMILES string of the molecule is CCC.c1ccc(-c2ccc(CN3CCOCC3)o2)cc1. The van der Waals surface area contributed by atoms with Crippen LogP contribution in [-0.4, -0.2) is 31.2 Å². The van der Waals surface area contributed by atoms with E-state index in [9.17, 15) is 0 Å². The van der Waals surface area contributed by atoms with Crippen molar-refractivity contribution in [3.05, 3.63) is 48.2 Å². The van der Waals surface area contributed by atoms with Crippen LogP contribution in [0.2, 0.25) is 0 Å². The third-order valence-corrected chi connectivity index (χ3v) is 3.20.